The number of likely N-dealkylation sites (N-methyl/N-ethyl adjacent to an activating group) is 1. The second kappa shape index (κ2) is 7.76. The molecule has 1 amide bonds. The molecule has 1 aromatic rings. The van der Waals surface area contributed by atoms with Gasteiger partial charge >= 0.3 is 5.97 Å². The second-order valence-corrected chi connectivity index (χ2v) is 5.39. The molecule has 0 radical (unpaired) electrons. The first-order valence-electron chi connectivity index (χ1n) is 7.31. The summed E-state index contributed by atoms with van der Waals surface area (Å²) in [6, 6.07) is 3.83. The van der Waals surface area contributed by atoms with Crippen LogP contribution in [0.15, 0.2) is 24.5 Å². The van der Waals surface area contributed by atoms with E-state index in [9.17, 15) is 14.7 Å². The number of rotatable bonds is 8. The van der Waals surface area contributed by atoms with Crippen LogP contribution in [-0.2, 0) is 16.0 Å². The Bertz CT molecular complexity index is 470. The summed E-state index contributed by atoms with van der Waals surface area (Å²) in [7, 11) is 1.72. The predicted octanol–water partition coefficient (Wildman–Crippen LogP) is 2.36. The Labute approximate surface area is 126 Å². The van der Waals surface area contributed by atoms with E-state index in [0.717, 1.165) is 12.0 Å². The number of carboxylic acid groups (broad SMARTS) is 1. The highest BCUT2D eigenvalue weighted by Gasteiger charge is 2.37. The van der Waals surface area contributed by atoms with E-state index >= 15 is 0 Å². The molecule has 1 N–H and O–H groups in total. The van der Waals surface area contributed by atoms with Crippen LogP contribution in [0, 0.1) is 5.41 Å². The maximum Gasteiger partial charge on any atom is 0.310 e. The molecule has 0 bridgehead atoms. The summed E-state index contributed by atoms with van der Waals surface area (Å²) >= 11 is 0. The van der Waals surface area contributed by atoms with Gasteiger partial charge in [0.25, 0.3) is 0 Å². The fraction of sp³-hybridized carbons (Fsp3) is 0.562. The largest absolute Gasteiger partial charge is 0.481 e. The van der Waals surface area contributed by atoms with Crippen LogP contribution < -0.4 is 0 Å². The van der Waals surface area contributed by atoms with Crippen LogP contribution in [-0.4, -0.2) is 40.5 Å². The third-order valence-corrected chi connectivity index (χ3v) is 4.21. The molecule has 0 fully saturated rings. The van der Waals surface area contributed by atoms with Crippen LogP contribution in [0.4, 0.5) is 0 Å². The zero-order valence-electron chi connectivity index (χ0n) is 13.0. The van der Waals surface area contributed by atoms with E-state index in [1.165, 1.54) is 0 Å². The molecule has 0 unspecified atom stereocenters. The molecule has 0 aromatic carbocycles. The quantitative estimate of drug-likeness (QED) is 0.798. The second-order valence-electron chi connectivity index (χ2n) is 5.39. The fourth-order valence-corrected chi connectivity index (χ4v) is 2.27. The van der Waals surface area contributed by atoms with E-state index in [0.29, 0.717) is 19.4 Å². The van der Waals surface area contributed by atoms with Gasteiger partial charge < -0.3 is 10.0 Å². The zero-order chi connectivity index (χ0) is 15.9. The lowest BCUT2D eigenvalue weighted by atomic mass is 9.79. The van der Waals surface area contributed by atoms with E-state index in [-0.39, 0.29) is 12.3 Å². The van der Waals surface area contributed by atoms with Crippen molar-refractivity contribution in [2.75, 3.05) is 13.6 Å². The smallest absolute Gasteiger partial charge is 0.310 e. The molecule has 0 saturated carbocycles. The van der Waals surface area contributed by atoms with Gasteiger partial charge in [-0.25, -0.2) is 0 Å². The summed E-state index contributed by atoms with van der Waals surface area (Å²) in [4.78, 5) is 29.3. The Kier molecular flexibility index (Phi) is 6.34. The summed E-state index contributed by atoms with van der Waals surface area (Å²) < 4.78 is 0. The van der Waals surface area contributed by atoms with Gasteiger partial charge in [0.2, 0.25) is 5.91 Å². The number of amides is 1. The van der Waals surface area contributed by atoms with Crippen molar-refractivity contribution in [2.24, 2.45) is 5.41 Å². The van der Waals surface area contributed by atoms with Crippen molar-refractivity contribution in [3.63, 3.8) is 0 Å². The number of carbonyl (C=O) groups is 2. The molecule has 21 heavy (non-hydrogen) atoms. The Morgan fingerprint density at radius 2 is 1.81 bits per heavy atom. The molecule has 116 valence electrons. The van der Waals surface area contributed by atoms with Crippen molar-refractivity contribution in [3.05, 3.63) is 30.1 Å². The van der Waals surface area contributed by atoms with Gasteiger partial charge in [-0.1, -0.05) is 13.8 Å². The summed E-state index contributed by atoms with van der Waals surface area (Å²) in [5.74, 6) is -1.00. The Morgan fingerprint density at radius 3 is 2.29 bits per heavy atom. The van der Waals surface area contributed by atoms with Crippen LogP contribution in [0.5, 0.6) is 0 Å². The van der Waals surface area contributed by atoms with Crippen LogP contribution in [0.1, 0.15) is 38.7 Å². The minimum atomic E-state index is -0.942. The van der Waals surface area contributed by atoms with Gasteiger partial charge in [0.1, 0.15) is 0 Å². The van der Waals surface area contributed by atoms with Crippen molar-refractivity contribution in [1.29, 1.82) is 0 Å². The summed E-state index contributed by atoms with van der Waals surface area (Å²) in [6.45, 7) is 4.22. The van der Waals surface area contributed by atoms with E-state index in [2.05, 4.69) is 4.98 Å². The molecule has 1 rings (SSSR count). The molecule has 0 aliphatic carbocycles. The molecular formula is C16H24N2O3. The van der Waals surface area contributed by atoms with Gasteiger partial charge in [0.05, 0.1) is 5.41 Å². The third-order valence-electron chi connectivity index (χ3n) is 4.21. The summed E-state index contributed by atoms with van der Waals surface area (Å²) in [5.41, 5.74) is 0.169. The molecule has 0 aliphatic rings. The first-order chi connectivity index (χ1) is 9.95. The van der Waals surface area contributed by atoms with Crippen molar-refractivity contribution in [1.82, 2.24) is 9.88 Å². The third kappa shape index (κ3) is 4.55. The highest BCUT2D eigenvalue weighted by atomic mass is 16.4. The van der Waals surface area contributed by atoms with E-state index in [1.54, 1.807) is 24.3 Å². The fourth-order valence-electron chi connectivity index (χ4n) is 2.27. The lowest BCUT2D eigenvalue weighted by Gasteiger charge is -2.28. The van der Waals surface area contributed by atoms with E-state index in [4.69, 9.17) is 0 Å². The van der Waals surface area contributed by atoms with E-state index < -0.39 is 11.4 Å². The van der Waals surface area contributed by atoms with Crippen molar-refractivity contribution in [2.45, 2.75) is 39.5 Å². The van der Waals surface area contributed by atoms with Gasteiger partial charge in [-0.15, -0.1) is 0 Å². The molecule has 5 heteroatoms. The Hall–Kier alpha value is -1.91. The number of carboxylic acids is 1. The SMILES string of the molecule is CCC(CC)(CC(=O)N(C)CCc1ccncc1)C(=O)O. The molecule has 0 saturated heterocycles. The highest BCUT2D eigenvalue weighted by molar-refractivity contribution is 5.84. The number of carbonyl (C=O) groups excluding carboxylic acids is 1. The van der Waals surface area contributed by atoms with Crippen LogP contribution in [0.3, 0.4) is 0 Å². The van der Waals surface area contributed by atoms with Crippen LogP contribution in [0.25, 0.3) is 0 Å². The first-order valence-corrected chi connectivity index (χ1v) is 7.31. The average molecular weight is 292 g/mol. The van der Waals surface area contributed by atoms with Gasteiger partial charge in [-0.3, -0.25) is 14.6 Å². The highest BCUT2D eigenvalue weighted by Crippen LogP contribution is 2.31. The Balaban J connectivity index is 2.59. The molecule has 0 aliphatic heterocycles. The average Bonchev–Trinajstić information content (AvgIpc) is 2.50. The minimum absolute atomic E-state index is 0.0577. The first kappa shape index (κ1) is 17.1. The predicted molar refractivity (Wildman–Crippen MR) is 80.8 cm³/mol. The van der Waals surface area contributed by atoms with Gasteiger partial charge in [0, 0.05) is 32.4 Å². The molecular weight excluding hydrogens is 268 g/mol. The topological polar surface area (TPSA) is 70.5 Å². The molecule has 0 spiro atoms. The zero-order valence-corrected chi connectivity index (χ0v) is 13.0. The number of pyridine rings is 1. The number of nitrogens with zero attached hydrogens (tertiary/aromatic N) is 2. The van der Waals surface area contributed by atoms with Gasteiger partial charge in [-0.05, 0) is 37.0 Å². The van der Waals surface area contributed by atoms with Gasteiger partial charge in [0.15, 0.2) is 0 Å². The number of hydrogen-bond acceptors (Lipinski definition) is 3. The maximum atomic E-state index is 12.3. The molecule has 0 atom stereocenters. The Morgan fingerprint density at radius 1 is 1.24 bits per heavy atom. The number of aromatic nitrogens is 1. The van der Waals surface area contributed by atoms with Gasteiger partial charge in [-0.2, -0.15) is 0 Å². The van der Waals surface area contributed by atoms with Crippen molar-refractivity contribution in [3.8, 4) is 0 Å². The van der Waals surface area contributed by atoms with Crippen molar-refractivity contribution < 1.29 is 14.7 Å². The van der Waals surface area contributed by atoms with E-state index in [1.807, 2.05) is 26.0 Å². The number of aliphatic carboxylic acids is 1. The monoisotopic (exact) mass is 292 g/mol. The van der Waals surface area contributed by atoms with Crippen LogP contribution in [0.2, 0.25) is 0 Å². The lowest BCUT2D eigenvalue weighted by molar-refractivity contribution is -0.154. The maximum absolute atomic E-state index is 12.3. The standard InChI is InChI=1S/C16H24N2O3/c1-4-16(5-2,15(20)21)12-14(19)18(3)11-8-13-6-9-17-10-7-13/h6-7,9-10H,4-5,8,11-12H2,1-3H3,(H,20,21). The summed E-state index contributed by atoms with van der Waals surface area (Å²) in [5, 5.41) is 9.38. The van der Waals surface area contributed by atoms with Crippen LogP contribution >= 0.6 is 0 Å². The van der Waals surface area contributed by atoms with Crippen molar-refractivity contribution >= 4 is 11.9 Å². The minimum Gasteiger partial charge on any atom is -0.481 e. The molecule has 5 nitrogen and oxygen atoms in total. The normalized spacial score (nSPS) is 11.2. The number of hydrogen-bond donors (Lipinski definition) is 1. The lowest BCUT2D eigenvalue weighted by Crippen LogP contribution is -2.38. The summed E-state index contributed by atoms with van der Waals surface area (Å²) in [6.07, 6.45) is 5.17. The molecule has 1 heterocycles. The molecule has 1 aromatic heterocycles.